The van der Waals surface area contributed by atoms with Crippen molar-refractivity contribution in [1.29, 1.82) is 5.26 Å². The third-order valence-electron chi connectivity index (χ3n) is 2.09. The van der Waals surface area contributed by atoms with Crippen LogP contribution in [0.15, 0.2) is 36.5 Å². The Hall–Kier alpha value is -1.32. The summed E-state index contributed by atoms with van der Waals surface area (Å²) >= 11 is 8.09. The quantitative estimate of drug-likeness (QED) is 0.830. The third-order valence-corrected chi connectivity index (χ3v) is 3.22. The van der Waals surface area contributed by atoms with E-state index in [0.717, 1.165) is 14.9 Å². The summed E-state index contributed by atoms with van der Waals surface area (Å²) in [5.74, 6) is 0. The highest BCUT2D eigenvalue weighted by atomic mass is 127. The maximum absolute atomic E-state index is 8.64. The fourth-order valence-corrected chi connectivity index (χ4v) is 2.29. The summed E-state index contributed by atoms with van der Waals surface area (Å²) in [6, 6.07) is 11.1. The normalized spacial score (nSPS) is 9.71. The van der Waals surface area contributed by atoms with Gasteiger partial charge in [-0.05, 0) is 52.9 Å². The summed E-state index contributed by atoms with van der Waals surface area (Å²) in [4.78, 5) is 3.99. The largest absolute Gasteiger partial charge is 0.353 e. The number of benzene rings is 1. The van der Waals surface area contributed by atoms with E-state index in [1.54, 1.807) is 12.3 Å². The molecule has 0 aliphatic carbocycles. The summed E-state index contributed by atoms with van der Waals surface area (Å²) < 4.78 is 1.03. The van der Waals surface area contributed by atoms with Crippen LogP contribution in [0.3, 0.4) is 0 Å². The Bertz CT molecular complexity index is 575. The van der Waals surface area contributed by atoms with E-state index in [1.807, 2.05) is 30.3 Å². The van der Waals surface area contributed by atoms with Crippen LogP contribution in [0.5, 0.6) is 0 Å². The molecule has 0 spiro atoms. The number of halogens is 2. The van der Waals surface area contributed by atoms with Crippen molar-refractivity contribution in [2.45, 2.75) is 0 Å². The van der Waals surface area contributed by atoms with Crippen molar-refractivity contribution in [1.82, 2.24) is 4.98 Å². The second-order valence-corrected chi connectivity index (χ2v) is 4.89. The number of pyridine rings is 1. The minimum Gasteiger partial charge on any atom is -0.353 e. The second kappa shape index (κ2) is 5.34. The molecule has 0 amide bonds. The van der Waals surface area contributed by atoms with Crippen LogP contribution in [0.2, 0.25) is 5.02 Å². The first kappa shape index (κ1) is 12.1. The Morgan fingerprint density at radius 1 is 1.29 bits per heavy atom. The number of rotatable bonds is 2. The lowest BCUT2D eigenvalue weighted by atomic mass is 10.3. The smallest absolute Gasteiger partial charge is 0.140 e. The first-order valence-electron chi connectivity index (χ1n) is 4.77. The summed E-state index contributed by atoms with van der Waals surface area (Å²) in [5.41, 5.74) is 2.20. The zero-order valence-corrected chi connectivity index (χ0v) is 11.5. The molecule has 0 aliphatic rings. The average molecular weight is 356 g/mol. The summed E-state index contributed by atoms with van der Waals surface area (Å²) in [7, 11) is 0. The van der Waals surface area contributed by atoms with Gasteiger partial charge in [-0.25, -0.2) is 4.98 Å². The molecule has 2 aromatic rings. The Morgan fingerprint density at radius 3 is 2.71 bits per heavy atom. The molecule has 1 aromatic carbocycles. The van der Waals surface area contributed by atoms with E-state index in [9.17, 15) is 0 Å². The van der Waals surface area contributed by atoms with Gasteiger partial charge in [0, 0.05) is 8.59 Å². The molecule has 0 atom stereocenters. The van der Waals surface area contributed by atoms with Gasteiger partial charge in [0.2, 0.25) is 0 Å². The van der Waals surface area contributed by atoms with E-state index in [2.05, 4.69) is 32.9 Å². The lowest BCUT2D eigenvalue weighted by Crippen LogP contribution is -1.94. The topological polar surface area (TPSA) is 48.7 Å². The average Bonchev–Trinajstić information content (AvgIpc) is 2.34. The van der Waals surface area contributed by atoms with Crippen LogP contribution in [-0.2, 0) is 0 Å². The molecule has 17 heavy (non-hydrogen) atoms. The van der Waals surface area contributed by atoms with Gasteiger partial charge in [0.05, 0.1) is 17.6 Å². The van der Waals surface area contributed by atoms with Gasteiger partial charge in [-0.15, -0.1) is 0 Å². The predicted molar refractivity (Wildman–Crippen MR) is 76.4 cm³/mol. The van der Waals surface area contributed by atoms with Gasteiger partial charge < -0.3 is 5.32 Å². The Kier molecular flexibility index (Phi) is 3.82. The Morgan fingerprint density at radius 2 is 2.12 bits per heavy atom. The number of anilines is 2. The number of nitrogens with zero attached hydrogens (tertiary/aromatic N) is 2. The van der Waals surface area contributed by atoms with E-state index in [1.165, 1.54) is 0 Å². The highest BCUT2D eigenvalue weighted by Gasteiger charge is 2.01. The van der Waals surface area contributed by atoms with Gasteiger partial charge >= 0.3 is 0 Å². The molecule has 0 unspecified atom stereocenters. The van der Waals surface area contributed by atoms with E-state index < -0.39 is 0 Å². The number of hydrogen-bond acceptors (Lipinski definition) is 3. The maximum Gasteiger partial charge on any atom is 0.140 e. The van der Waals surface area contributed by atoms with Crippen molar-refractivity contribution in [3.63, 3.8) is 0 Å². The summed E-state index contributed by atoms with van der Waals surface area (Å²) in [6.07, 6.45) is 1.63. The highest BCUT2D eigenvalue weighted by molar-refractivity contribution is 14.1. The molecule has 3 nitrogen and oxygen atoms in total. The molecule has 0 saturated carbocycles. The van der Waals surface area contributed by atoms with Crippen LogP contribution >= 0.6 is 34.2 Å². The SMILES string of the molecule is N#Cc1ccc(Nc2ccc(Cl)cc2I)cn1. The molecule has 1 heterocycles. The zero-order valence-electron chi connectivity index (χ0n) is 8.61. The van der Waals surface area contributed by atoms with E-state index >= 15 is 0 Å². The molecule has 2 rings (SSSR count). The number of hydrogen-bond donors (Lipinski definition) is 1. The van der Waals surface area contributed by atoms with Crippen LogP contribution in [0.4, 0.5) is 11.4 Å². The van der Waals surface area contributed by atoms with Gasteiger partial charge in [0.25, 0.3) is 0 Å². The molecular formula is C12H7ClIN3. The van der Waals surface area contributed by atoms with Gasteiger partial charge in [-0.3, -0.25) is 0 Å². The second-order valence-electron chi connectivity index (χ2n) is 3.29. The van der Waals surface area contributed by atoms with E-state index in [-0.39, 0.29) is 0 Å². The molecule has 0 bridgehead atoms. The third kappa shape index (κ3) is 3.08. The Balaban J connectivity index is 2.23. The van der Waals surface area contributed by atoms with E-state index in [0.29, 0.717) is 10.7 Å². The fraction of sp³-hybridized carbons (Fsp3) is 0. The minimum absolute atomic E-state index is 0.404. The van der Waals surface area contributed by atoms with Crippen LogP contribution < -0.4 is 5.32 Å². The highest BCUT2D eigenvalue weighted by Crippen LogP contribution is 2.25. The number of nitriles is 1. The van der Waals surface area contributed by atoms with Gasteiger partial charge in [0.15, 0.2) is 0 Å². The molecule has 1 N–H and O–H groups in total. The lowest BCUT2D eigenvalue weighted by molar-refractivity contribution is 1.26. The fourth-order valence-electron chi connectivity index (χ4n) is 1.28. The van der Waals surface area contributed by atoms with Crippen molar-refractivity contribution in [3.8, 4) is 6.07 Å². The summed E-state index contributed by atoms with van der Waals surface area (Å²) in [5, 5.41) is 12.6. The Labute approximate surface area is 118 Å². The van der Waals surface area contributed by atoms with Crippen molar-refractivity contribution < 1.29 is 0 Å². The molecule has 1 aromatic heterocycles. The lowest BCUT2D eigenvalue weighted by Gasteiger charge is -2.08. The minimum atomic E-state index is 0.404. The maximum atomic E-state index is 8.64. The molecule has 84 valence electrons. The molecular weight excluding hydrogens is 349 g/mol. The first-order valence-corrected chi connectivity index (χ1v) is 6.23. The van der Waals surface area contributed by atoms with Crippen molar-refractivity contribution >= 4 is 45.6 Å². The molecule has 5 heteroatoms. The predicted octanol–water partition coefficient (Wildman–Crippen LogP) is 3.95. The first-order chi connectivity index (χ1) is 8.19. The monoisotopic (exact) mass is 355 g/mol. The van der Waals surface area contributed by atoms with Crippen LogP contribution in [0, 0.1) is 14.9 Å². The van der Waals surface area contributed by atoms with Crippen LogP contribution in [0.1, 0.15) is 5.69 Å². The van der Waals surface area contributed by atoms with E-state index in [4.69, 9.17) is 16.9 Å². The van der Waals surface area contributed by atoms with Crippen LogP contribution in [0.25, 0.3) is 0 Å². The molecule has 0 saturated heterocycles. The van der Waals surface area contributed by atoms with Crippen molar-refractivity contribution in [3.05, 3.63) is 50.8 Å². The number of aromatic nitrogens is 1. The van der Waals surface area contributed by atoms with Crippen molar-refractivity contribution in [2.24, 2.45) is 0 Å². The van der Waals surface area contributed by atoms with Crippen LogP contribution in [-0.4, -0.2) is 4.98 Å². The summed E-state index contributed by atoms with van der Waals surface area (Å²) in [6.45, 7) is 0. The van der Waals surface area contributed by atoms with Gasteiger partial charge in [-0.1, -0.05) is 11.6 Å². The standard InChI is InChI=1S/C12H7ClIN3/c13-8-1-4-12(11(14)5-8)17-10-3-2-9(6-15)16-7-10/h1-5,7,17H. The molecule has 0 radical (unpaired) electrons. The molecule has 0 fully saturated rings. The van der Waals surface area contributed by atoms with Gasteiger partial charge in [-0.2, -0.15) is 5.26 Å². The zero-order chi connectivity index (χ0) is 12.3. The van der Waals surface area contributed by atoms with Crippen molar-refractivity contribution in [2.75, 3.05) is 5.32 Å². The molecule has 0 aliphatic heterocycles. The number of nitrogens with one attached hydrogen (secondary N) is 1. The van der Waals surface area contributed by atoms with Gasteiger partial charge in [0.1, 0.15) is 11.8 Å².